The van der Waals surface area contributed by atoms with Gasteiger partial charge in [-0.25, -0.2) is 4.39 Å². The molecule has 4 amide bonds. The van der Waals surface area contributed by atoms with Crippen molar-refractivity contribution in [2.24, 2.45) is 5.92 Å². The molecular weight excluding hydrogens is 639 g/mol. The summed E-state index contributed by atoms with van der Waals surface area (Å²) in [4.78, 5) is 58.7. The lowest BCUT2D eigenvalue weighted by atomic mass is 9.97. The third-order valence-electron chi connectivity index (χ3n) is 9.17. The number of likely N-dealkylation sites (tertiary alicyclic amines) is 1. The molecule has 0 aromatic heterocycles. The monoisotopic (exact) mass is 686 g/mol. The van der Waals surface area contributed by atoms with Crippen molar-refractivity contribution >= 4 is 23.6 Å². The van der Waals surface area contributed by atoms with Crippen LogP contribution >= 0.6 is 0 Å². The second-order valence-electron chi connectivity index (χ2n) is 12.9. The van der Waals surface area contributed by atoms with Crippen LogP contribution < -0.4 is 20.1 Å². The van der Waals surface area contributed by atoms with Gasteiger partial charge in [0.1, 0.15) is 24.4 Å². The number of nitrogens with one attached hydrogen (secondary N) is 2. The molecular formula is C39H47FN4O6. The van der Waals surface area contributed by atoms with Crippen LogP contribution in [0.3, 0.4) is 0 Å². The van der Waals surface area contributed by atoms with Crippen molar-refractivity contribution in [3.05, 3.63) is 95.8 Å². The third kappa shape index (κ3) is 10.1. The van der Waals surface area contributed by atoms with E-state index in [-0.39, 0.29) is 67.6 Å². The van der Waals surface area contributed by atoms with Gasteiger partial charge in [0.2, 0.25) is 17.7 Å². The molecule has 3 atom stereocenters. The minimum Gasteiger partial charge on any atom is -0.491 e. The van der Waals surface area contributed by atoms with E-state index in [9.17, 15) is 23.6 Å². The Morgan fingerprint density at radius 3 is 2.50 bits per heavy atom. The molecule has 266 valence electrons. The number of nitrogens with zero attached hydrogens (tertiary/aromatic N) is 2. The molecule has 0 spiro atoms. The summed E-state index contributed by atoms with van der Waals surface area (Å²) in [6, 6.07) is 20.7. The van der Waals surface area contributed by atoms with Crippen LogP contribution in [0.25, 0.3) is 0 Å². The Kier molecular flexibility index (Phi) is 13.2. The second-order valence-corrected chi connectivity index (χ2v) is 12.9. The Morgan fingerprint density at radius 1 is 0.940 bits per heavy atom. The van der Waals surface area contributed by atoms with E-state index in [1.807, 2.05) is 37.3 Å². The number of para-hydroxylation sites is 2. The van der Waals surface area contributed by atoms with E-state index in [0.29, 0.717) is 38.2 Å². The number of piperidine rings is 1. The zero-order valence-corrected chi connectivity index (χ0v) is 28.7. The van der Waals surface area contributed by atoms with Crippen molar-refractivity contribution in [2.45, 2.75) is 64.0 Å². The number of carbonyl (C=O) groups is 4. The van der Waals surface area contributed by atoms with Crippen LogP contribution in [0.5, 0.6) is 11.5 Å². The minimum atomic E-state index is -1.01. The molecule has 0 bridgehead atoms. The van der Waals surface area contributed by atoms with Gasteiger partial charge in [-0.15, -0.1) is 0 Å². The summed E-state index contributed by atoms with van der Waals surface area (Å²) in [6.45, 7) is 4.04. The fraction of sp³-hybridized carbons (Fsp3) is 0.436. The van der Waals surface area contributed by atoms with Gasteiger partial charge in [0.15, 0.2) is 11.6 Å². The number of hydrogen-bond donors (Lipinski definition) is 2. The summed E-state index contributed by atoms with van der Waals surface area (Å²) in [5.41, 5.74) is 1.16. The highest BCUT2D eigenvalue weighted by molar-refractivity contribution is 6.00. The van der Waals surface area contributed by atoms with E-state index in [4.69, 9.17) is 9.47 Å². The van der Waals surface area contributed by atoms with Crippen LogP contribution in [-0.4, -0.2) is 84.9 Å². The quantitative estimate of drug-likeness (QED) is 0.335. The van der Waals surface area contributed by atoms with Gasteiger partial charge in [0, 0.05) is 38.4 Å². The Bertz CT molecular complexity index is 1600. The summed E-state index contributed by atoms with van der Waals surface area (Å²) in [7, 11) is 0. The van der Waals surface area contributed by atoms with Crippen LogP contribution in [0.4, 0.5) is 4.39 Å². The Labute approximate surface area is 293 Å². The van der Waals surface area contributed by atoms with Crippen LogP contribution in [0.2, 0.25) is 0 Å². The van der Waals surface area contributed by atoms with E-state index in [2.05, 4.69) is 10.6 Å². The number of carbonyl (C=O) groups excluding carboxylic acids is 4. The number of amides is 4. The predicted octanol–water partition coefficient (Wildman–Crippen LogP) is 4.77. The van der Waals surface area contributed by atoms with Crippen LogP contribution in [-0.2, 0) is 20.8 Å². The predicted molar refractivity (Wildman–Crippen MR) is 187 cm³/mol. The lowest BCUT2D eigenvalue weighted by Crippen LogP contribution is -2.53. The van der Waals surface area contributed by atoms with Gasteiger partial charge in [0.05, 0.1) is 18.7 Å². The summed E-state index contributed by atoms with van der Waals surface area (Å²) >= 11 is 0. The van der Waals surface area contributed by atoms with Crippen molar-refractivity contribution in [1.82, 2.24) is 20.4 Å². The Balaban J connectivity index is 1.36. The van der Waals surface area contributed by atoms with Gasteiger partial charge in [-0.2, -0.15) is 0 Å². The number of fused-ring (bicyclic) bond motifs is 1. The first-order chi connectivity index (χ1) is 24.3. The maximum atomic E-state index is 14.2. The average molecular weight is 687 g/mol. The first-order valence-corrected chi connectivity index (χ1v) is 17.6. The van der Waals surface area contributed by atoms with Gasteiger partial charge < -0.3 is 29.9 Å². The molecule has 2 heterocycles. The third-order valence-corrected chi connectivity index (χ3v) is 9.17. The first-order valence-electron chi connectivity index (χ1n) is 17.6. The molecule has 0 saturated carbocycles. The largest absolute Gasteiger partial charge is 0.491 e. The van der Waals surface area contributed by atoms with E-state index >= 15 is 0 Å². The van der Waals surface area contributed by atoms with Gasteiger partial charge in [-0.3, -0.25) is 19.2 Å². The molecule has 2 aliphatic heterocycles. The molecule has 10 nitrogen and oxygen atoms in total. The molecule has 2 aliphatic rings. The molecule has 11 heteroatoms. The lowest BCUT2D eigenvalue weighted by Gasteiger charge is -2.35. The topological polar surface area (TPSA) is 117 Å². The highest BCUT2D eigenvalue weighted by Gasteiger charge is 2.33. The zero-order chi connectivity index (χ0) is 35.3. The van der Waals surface area contributed by atoms with Crippen LogP contribution in [0.15, 0.2) is 78.9 Å². The molecule has 1 unspecified atom stereocenters. The standard InChI is InChI=1S/C39H47FN4O6/c1-2-3-21-43-23-24-49-34-17-9-7-15-30(34)37(46)42-32(19-20-36(45)41-33(39(43)48)25-28-12-5-4-6-13-28)38(47)44-22-11-14-29(26-44)27-50-35-18-10-8-16-31(35)40/h4-10,12-13,15-18,29,32-33H,2-3,11,14,19-27H2,1H3,(H,41,45)(H,42,46)/t29?,32-,33-/m0/s1. The minimum absolute atomic E-state index is 0.0259. The van der Waals surface area contributed by atoms with Crippen molar-refractivity contribution in [3.63, 3.8) is 0 Å². The fourth-order valence-corrected chi connectivity index (χ4v) is 6.42. The summed E-state index contributed by atoms with van der Waals surface area (Å²) in [5.74, 6) is -1.38. The number of benzene rings is 3. The van der Waals surface area contributed by atoms with E-state index in [1.54, 1.807) is 52.3 Å². The molecule has 5 rings (SSSR count). The molecule has 3 aromatic rings. The number of rotatable bonds is 9. The molecule has 0 aliphatic carbocycles. The molecule has 1 saturated heterocycles. The number of unbranched alkanes of at least 4 members (excludes halogenated alkanes) is 1. The van der Waals surface area contributed by atoms with Gasteiger partial charge in [0.25, 0.3) is 5.91 Å². The van der Waals surface area contributed by atoms with Crippen molar-refractivity contribution in [3.8, 4) is 11.5 Å². The lowest BCUT2D eigenvalue weighted by molar-refractivity contribution is -0.137. The second kappa shape index (κ2) is 18.2. The van der Waals surface area contributed by atoms with E-state index in [0.717, 1.165) is 24.8 Å². The highest BCUT2D eigenvalue weighted by Crippen LogP contribution is 2.23. The highest BCUT2D eigenvalue weighted by atomic mass is 19.1. The van der Waals surface area contributed by atoms with E-state index < -0.39 is 23.8 Å². The first kappa shape index (κ1) is 36.4. The summed E-state index contributed by atoms with van der Waals surface area (Å²) in [5, 5.41) is 5.84. The molecule has 50 heavy (non-hydrogen) atoms. The van der Waals surface area contributed by atoms with Gasteiger partial charge in [-0.1, -0.05) is 67.9 Å². The van der Waals surface area contributed by atoms with Crippen molar-refractivity contribution in [1.29, 1.82) is 0 Å². The van der Waals surface area contributed by atoms with Crippen molar-refractivity contribution < 1.29 is 33.0 Å². The summed E-state index contributed by atoms with van der Waals surface area (Å²) in [6.07, 6.45) is 3.43. The smallest absolute Gasteiger partial charge is 0.255 e. The zero-order valence-electron chi connectivity index (χ0n) is 28.7. The summed E-state index contributed by atoms with van der Waals surface area (Å²) < 4.78 is 26.0. The van der Waals surface area contributed by atoms with E-state index in [1.165, 1.54) is 6.07 Å². The maximum Gasteiger partial charge on any atom is 0.255 e. The molecule has 2 N–H and O–H groups in total. The molecule has 1 fully saturated rings. The van der Waals surface area contributed by atoms with Crippen molar-refractivity contribution in [2.75, 3.05) is 39.4 Å². The Morgan fingerprint density at radius 2 is 1.70 bits per heavy atom. The van der Waals surface area contributed by atoms with Crippen LogP contribution in [0, 0.1) is 11.7 Å². The number of halogens is 1. The van der Waals surface area contributed by atoms with Crippen LogP contribution in [0.1, 0.15) is 61.4 Å². The number of ether oxygens (including phenoxy) is 2. The number of hydrogen-bond acceptors (Lipinski definition) is 6. The van der Waals surface area contributed by atoms with Gasteiger partial charge in [-0.05, 0) is 55.5 Å². The molecule has 3 aromatic carbocycles. The normalized spacial score (nSPS) is 20.8. The Hall–Kier alpha value is -4.93. The molecule has 0 radical (unpaired) electrons. The SMILES string of the molecule is CCCCN1CCOc2ccccc2C(=O)N[C@H](C(=O)N2CCCC(COc3ccccc3F)C2)CCC(=O)N[C@@H](Cc2ccccc2)C1=O. The van der Waals surface area contributed by atoms with Gasteiger partial charge >= 0.3 is 0 Å². The fourth-order valence-electron chi connectivity index (χ4n) is 6.42. The average Bonchev–Trinajstić information content (AvgIpc) is 3.14. The maximum absolute atomic E-state index is 14.2.